The molecule has 92 valence electrons. The number of carbonyl (C=O) groups is 2. The third kappa shape index (κ3) is 2.07. The Balaban J connectivity index is 2.75. The highest BCUT2D eigenvalue weighted by atomic mass is 35.5. The number of hydrogen-bond donors (Lipinski definition) is 0. The van der Waals surface area contributed by atoms with Crippen molar-refractivity contribution in [3.05, 3.63) is 40.5 Å². The van der Waals surface area contributed by atoms with E-state index in [-0.39, 0.29) is 16.4 Å². The normalized spacial score (nSPS) is 10.4. The van der Waals surface area contributed by atoms with Gasteiger partial charge in [-0.3, -0.25) is 9.78 Å². The number of ether oxygens (including phenoxy) is 1. The van der Waals surface area contributed by atoms with Crippen molar-refractivity contribution < 1.29 is 14.3 Å². The average molecular weight is 264 g/mol. The number of benzene rings is 1. The van der Waals surface area contributed by atoms with E-state index in [1.165, 1.54) is 20.2 Å². The zero-order chi connectivity index (χ0) is 13.3. The minimum Gasteiger partial charge on any atom is -0.465 e. The van der Waals surface area contributed by atoms with Gasteiger partial charge in [-0.2, -0.15) is 0 Å². The number of pyridine rings is 1. The zero-order valence-electron chi connectivity index (χ0n) is 9.86. The number of Topliss-reactive ketones (excluding diaryl/α,β-unsaturated/α-hetero) is 1. The van der Waals surface area contributed by atoms with Gasteiger partial charge in [-0.25, -0.2) is 4.79 Å². The van der Waals surface area contributed by atoms with Gasteiger partial charge in [0.05, 0.1) is 17.6 Å². The van der Waals surface area contributed by atoms with Crippen LogP contribution in [0.1, 0.15) is 27.6 Å². The molecule has 4 nitrogen and oxygen atoms in total. The van der Waals surface area contributed by atoms with Gasteiger partial charge >= 0.3 is 5.97 Å². The van der Waals surface area contributed by atoms with Crippen molar-refractivity contribution in [3.8, 4) is 0 Å². The van der Waals surface area contributed by atoms with Crippen LogP contribution in [0, 0.1) is 0 Å². The first-order valence-electron chi connectivity index (χ1n) is 5.22. The molecule has 18 heavy (non-hydrogen) atoms. The summed E-state index contributed by atoms with van der Waals surface area (Å²) in [4.78, 5) is 27.1. The highest BCUT2D eigenvalue weighted by Crippen LogP contribution is 2.26. The number of fused-ring (bicyclic) bond motifs is 1. The molecule has 1 aromatic heterocycles. The molecular weight excluding hydrogens is 254 g/mol. The van der Waals surface area contributed by atoms with E-state index in [9.17, 15) is 9.59 Å². The van der Waals surface area contributed by atoms with Crippen molar-refractivity contribution in [2.75, 3.05) is 7.11 Å². The first-order chi connectivity index (χ1) is 8.54. The number of methoxy groups -OCH3 is 1. The van der Waals surface area contributed by atoms with E-state index in [0.717, 1.165) is 0 Å². The number of ketones is 1. The van der Waals surface area contributed by atoms with Gasteiger partial charge in [0, 0.05) is 17.1 Å². The summed E-state index contributed by atoms with van der Waals surface area (Å²) in [6, 6.07) is 4.97. The fraction of sp³-hybridized carbons (Fsp3) is 0.154. The van der Waals surface area contributed by atoms with Crippen molar-refractivity contribution in [2.45, 2.75) is 6.92 Å². The Morgan fingerprint density at radius 2 is 2.06 bits per heavy atom. The lowest BCUT2D eigenvalue weighted by molar-refractivity contribution is 0.0603. The van der Waals surface area contributed by atoms with Gasteiger partial charge < -0.3 is 4.74 Å². The lowest BCUT2D eigenvalue weighted by Gasteiger charge is -2.07. The van der Waals surface area contributed by atoms with E-state index in [4.69, 9.17) is 11.6 Å². The van der Waals surface area contributed by atoms with Gasteiger partial charge in [0.2, 0.25) is 0 Å². The summed E-state index contributed by atoms with van der Waals surface area (Å²) >= 11 is 5.97. The topological polar surface area (TPSA) is 56.3 Å². The van der Waals surface area contributed by atoms with Crippen LogP contribution in [-0.2, 0) is 4.74 Å². The summed E-state index contributed by atoms with van der Waals surface area (Å²) in [5, 5.41) is 0.949. The quantitative estimate of drug-likeness (QED) is 0.617. The van der Waals surface area contributed by atoms with Gasteiger partial charge in [-0.1, -0.05) is 17.7 Å². The molecule has 0 aliphatic heterocycles. The Kier molecular flexibility index (Phi) is 3.30. The molecule has 2 rings (SSSR count). The molecular formula is C13H10ClNO3. The first-order valence-corrected chi connectivity index (χ1v) is 5.60. The molecule has 1 heterocycles. The minimum absolute atomic E-state index is 0.0843. The predicted molar refractivity (Wildman–Crippen MR) is 68.1 cm³/mol. The number of esters is 1. The van der Waals surface area contributed by atoms with Gasteiger partial charge in [0.25, 0.3) is 0 Å². The standard InChI is InChI=1S/C13H10ClNO3/c1-7(16)9-5-8-3-4-10(14)11(13(17)18-2)12(8)15-6-9/h3-6H,1-2H3. The fourth-order valence-corrected chi connectivity index (χ4v) is 1.90. The lowest BCUT2D eigenvalue weighted by Crippen LogP contribution is -2.05. The predicted octanol–water partition coefficient (Wildman–Crippen LogP) is 2.88. The second-order valence-corrected chi connectivity index (χ2v) is 4.17. The van der Waals surface area contributed by atoms with Crippen molar-refractivity contribution in [3.63, 3.8) is 0 Å². The molecule has 0 N–H and O–H groups in total. The van der Waals surface area contributed by atoms with Crippen molar-refractivity contribution in [2.24, 2.45) is 0 Å². The van der Waals surface area contributed by atoms with E-state index in [0.29, 0.717) is 16.5 Å². The first kappa shape index (κ1) is 12.5. The SMILES string of the molecule is COC(=O)c1c(Cl)ccc2cc(C(C)=O)cnc12. The van der Waals surface area contributed by atoms with Gasteiger partial charge in [0.15, 0.2) is 5.78 Å². The molecule has 0 radical (unpaired) electrons. The molecule has 0 fully saturated rings. The maximum absolute atomic E-state index is 11.7. The second-order valence-electron chi connectivity index (χ2n) is 3.77. The third-order valence-corrected chi connectivity index (χ3v) is 2.91. The highest BCUT2D eigenvalue weighted by molar-refractivity contribution is 6.35. The number of halogens is 1. The van der Waals surface area contributed by atoms with Crippen LogP contribution in [0.2, 0.25) is 5.02 Å². The number of carbonyl (C=O) groups excluding carboxylic acids is 2. The Bertz CT molecular complexity index is 652. The van der Waals surface area contributed by atoms with Crippen LogP contribution in [0.25, 0.3) is 10.9 Å². The summed E-state index contributed by atoms with van der Waals surface area (Å²) in [6.45, 7) is 1.46. The van der Waals surface area contributed by atoms with Crippen molar-refractivity contribution >= 4 is 34.3 Å². The van der Waals surface area contributed by atoms with Crippen LogP contribution in [0.15, 0.2) is 24.4 Å². The third-order valence-electron chi connectivity index (χ3n) is 2.60. The zero-order valence-corrected chi connectivity index (χ0v) is 10.6. The van der Waals surface area contributed by atoms with E-state index in [2.05, 4.69) is 9.72 Å². The maximum Gasteiger partial charge on any atom is 0.341 e. The summed E-state index contributed by atoms with van der Waals surface area (Å²) in [5.41, 5.74) is 1.13. The fourth-order valence-electron chi connectivity index (χ4n) is 1.67. The largest absolute Gasteiger partial charge is 0.465 e. The molecule has 0 unspecified atom stereocenters. The van der Waals surface area contributed by atoms with Crippen LogP contribution in [0.3, 0.4) is 0 Å². The Labute approximate surface area is 109 Å². The van der Waals surface area contributed by atoms with Crippen LogP contribution in [0.5, 0.6) is 0 Å². The summed E-state index contributed by atoms with van der Waals surface area (Å²) in [5.74, 6) is -0.632. The molecule has 0 saturated carbocycles. The Hall–Kier alpha value is -1.94. The Morgan fingerprint density at radius 1 is 1.33 bits per heavy atom. The van der Waals surface area contributed by atoms with Crippen LogP contribution in [0.4, 0.5) is 0 Å². The molecule has 0 spiro atoms. The van der Waals surface area contributed by atoms with Crippen LogP contribution >= 0.6 is 11.6 Å². The molecule has 0 atom stereocenters. The minimum atomic E-state index is -0.548. The van der Waals surface area contributed by atoms with Gasteiger partial charge in [-0.05, 0) is 19.1 Å². The second kappa shape index (κ2) is 4.74. The monoisotopic (exact) mass is 263 g/mol. The number of aromatic nitrogens is 1. The molecule has 0 aliphatic rings. The average Bonchev–Trinajstić information content (AvgIpc) is 2.37. The lowest BCUT2D eigenvalue weighted by atomic mass is 10.1. The molecule has 0 saturated heterocycles. The molecule has 2 aromatic rings. The van der Waals surface area contributed by atoms with Gasteiger partial charge in [-0.15, -0.1) is 0 Å². The van der Waals surface area contributed by atoms with E-state index >= 15 is 0 Å². The van der Waals surface area contributed by atoms with Crippen LogP contribution in [-0.4, -0.2) is 23.8 Å². The Morgan fingerprint density at radius 3 is 2.67 bits per heavy atom. The highest BCUT2D eigenvalue weighted by Gasteiger charge is 2.16. The molecule has 5 heteroatoms. The smallest absolute Gasteiger partial charge is 0.341 e. The van der Waals surface area contributed by atoms with E-state index < -0.39 is 5.97 Å². The number of hydrogen-bond acceptors (Lipinski definition) is 4. The summed E-state index contributed by atoms with van der Waals surface area (Å²) in [7, 11) is 1.28. The number of rotatable bonds is 2. The molecule has 0 amide bonds. The maximum atomic E-state index is 11.7. The molecule has 1 aromatic carbocycles. The van der Waals surface area contributed by atoms with Crippen molar-refractivity contribution in [1.82, 2.24) is 4.98 Å². The van der Waals surface area contributed by atoms with Crippen LogP contribution < -0.4 is 0 Å². The molecule has 0 aliphatic carbocycles. The number of nitrogens with zero attached hydrogens (tertiary/aromatic N) is 1. The summed E-state index contributed by atoms with van der Waals surface area (Å²) in [6.07, 6.45) is 1.42. The molecule has 0 bridgehead atoms. The van der Waals surface area contributed by atoms with Gasteiger partial charge in [0.1, 0.15) is 5.56 Å². The van der Waals surface area contributed by atoms with E-state index in [1.54, 1.807) is 18.2 Å². The summed E-state index contributed by atoms with van der Waals surface area (Å²) < 4.78 is 4.67. The van der Waals surface area contributed by atoms with E-state index in [1.807, 2.05) is 0 Å². The van der Waals surface area contributed by atoms with Crippen molar-refractivity contribution in [1.29, 1.82) is 0 Å².